The Hall–Kier alpha value is -1.14. The van der Waals surface area contributed by atoms with E-state index in [9.17, 15) is 4.79 Å². The molecule has 1 unspecified atom stereocenters. The second-order valence-corrected chi connectivity index (χ2v) is 4.95. The van der Waals surface area contributed by atoms with Crippen molar-refractivity contribution in [2.24, 2.45) is 11.1 Å². The van der Waals surface area contributed by atoms with Crippen LogP contribution in [-0.4, -0.2) is 33.9 Å². The molecule has 1 aromatic rings. The molecular formula is C9H11Cl2N5O. The fraction of sp³-hybridized carbons (Fsp3) is 0.556. The summed E-state index contributed by atoms with van der Waals surface area (Å²) in [5.41, 5.74) is 4.80. The van der Waals surface area contributed by atoms with Crippen molar-refractivity contribution >= 4 is 35.1 Å². The predicted octanol–water partition coefficient (Wildman–Crippen LogP) is 0.880. The zero-order chi connectivity index (χ0) is 12.6. The van der Waals surface area contributed by atoms with Crippen LogP contribution in [0.15, 0.2) is 0 Å². The molecule has 1 fully saturated rings. The maximum Gasteiger partial charge on any atom is 0.230 e. The van der Waals surface area contributed by atoms with Crippen molar-refractivity contribution in [1.29, 1.82) is 0 Å². The van der Waals surface area contributed by atoms with Crippen LogP contribution in [-0.2, 0) is 4.79 Å². The third kappa shape index (κ3) is 2.42. The Morgan fingerprint density at radius 1 is 1.35 bits per heavy atom. The molecule has 6 nitrogen and oxygen atoms in total. The number of amides is 1. The van der Waals surface area contributed by atoms with Gasteiger partial charge in [0, 0.05) is 13.1 Å². The highest BCUT2D eigenvalue weighted by Crippen LogP contribution is 2.31. The zero-order valence-electron chi connectivity index (χ0n) is 9.15. The van der Waals surface area contributed by atoms with Gasteiger partial charge in [-0.2, -0.15) is 15.0 Å². The number of aromatic nitrogens is 3. The van der Waals surface area contributed by atoms with E-state index in [1.54, 1.807) is 0 Å². The summed E-state index contributed by atoms with van der Waals surface area (Å²) >= 11 is 11.4. The molecule has 1 aliphatic rings. The summed E-state index contributed by atoms with van der Waals surface area (Å²) in [7, 11) is 0. The Balaban J connectivity index is 2.23. The molecule has 8 heteroatoms. The number of rotatable bonds is 2. The minimum Gasteiger partial charge on any atom is -0.369 e. The lowest BCUT2D eigenvalue weighted by molar-refractivity contribution is -0.125. The summed E-state index contributed by atoms with van der Waals surface area (Å²) in [6.07, 6.45) is 0.656. The molecule has 1 saturated heterocycles. The van der Waals surface area contributed by atoms with Gasteiger partial charge in [0.1, 0.15) is 0 Å². The first-order valence-corrected chi connectivity index (χ1v) is 5.78. The monoisotopic (exact) mass is 275 g/mol. The summed E-state index contributed by atoms with van der Waals surface area (Å²) < 4.78 is 0. The van der Waals surface area contributed by atoms with Gasteiger partial charge in [0.05, 0.1) is 5.41 Å². The van der Waals surface area contributed by atoms with E-state index < -0.39 is 5.41 Å². The molecule has 2 rings (SSSR count). The van der Waals surface area contributed by atoms with E-state index in [1.807, 2.05) is 11.8 Å². The molecule has 0 radical (unpaired) electrons. The average Bonchev–Trinajstić information content (AvgIpc) is 2.61. The van der Waals surface area contributed by atoms with Crippen LogP contribution in [0.3, 0.4) is 0 Å². The Kier molecular flexibility index (Phi) is 3.09. The quantitative estimate of drug-likeness (QED) is 0.866. The summed E-state index contributed by atoms with van der Waals surface area (Å²) in [6.45, 7) is 2.91. The van der Waals surface area contributed by atoms with E-state index in [1.165, 1.54) is 0 Å². The van der Waals surface area contributed by atoms with Crippen molar-refractivity contribution in [2.45, 2.75) is 13.3 Å². The van der Waals surface area contributed by atoms with Gasteiger partial charge in [-0.1, -0.05) is 0 Å². The largest absolute Gasteiger partial charge is 0.369 e. The lowest BCUT2D eigenvalue weighted by atomic mass is 9.89. The predicted molar refractivity (Wildman–Crippen MR) is 64.0 cm³/mol. The van der Waals surface area contributed by atoms with E-state index in [0.717, 1.165) is 0 Å². The third-order valence-electron chi connectivity index (χ3n) is 2.92. The number of carbonyl (C=O) groups is 1. The van der Waals surface area contributed by atoms with E-state index in [0.29, 0.717) is 25.5 Å². The molecule has 0 saturated carbocycles. The first-order chi connectivity index (χ1) is 7.90. The van der Waals surface area contributed by atoms with Gasteiger partial charge in [-0.15, -0.1) is 0 Å². The molecule has 0 aromatic carbocycles. The molecule has 1 aromatic heterocycles. The number of anilines is 1. The van der Waals surface area contributed by atoms with Crippen LogP contribution in [0.2, 0.25) is 10.6 Å². The van der Waals surface area contributed by atoms with Crippen LogP contribution in [0, 0.1) is 5.41 Å². The Morgan fingerprint density at radius 2 is 1.94 bits per heavy atom. The average molecular weight is 276 g/mol. The van der Waals surface area contributed by atoms with E-state index in [4.69, 9.17) is 28.9 Å². The Bertz CT molecular complexity index is 448. The van der Waals surface area contributed by atoms with Gasteiger partial charge in [-0.25, -0.2) is 0 Å². The lowest BCUT2D eigenvalue weighted by Crippen LogP contribution is -2.37. The van der Waals surface area contributed by atoms with Gasteiger partial charge in [0.25, 0.3) is 0 Å². The minimum absolute atomic E-state index is 0.0349. The Labute approximate surface area is 108 Å². The summed E-state index contributed by atoms with van der Waals surface area (Å²) in [5.74, 6) is 0.0474. The smallest absolute Gasteiger partial charge is 0.230 e. The second-order valence-electron chi connectivity index (χ2n) is 4.27. The second kappa shape index (κ2) is 4.27. The highest BCUT2D eigenvalue weighted by atomic mass is 35.5. The van der Waals surface area contributed by atoms with Crippen molar-refractivity contribution in [2.75, 3.05) is 18.0 Å². The van der Waals surface area contributed by atoms with Crippen LogP contribution in [0.4, 0.5) is 5.95 Å². The van der Waals surface area contributed by atoms with Gasteiger partial charge >= 0.3 is 0 Å². The van der Waals surface area contributed by atoms with Gasteiger partial charge in [0.15, 0.2) is 0 Å². The topological polar surface area (TPSA) is 85.0 Å². The standard InChI is InChI=1S/C9H11Cl2N5O/c1-9(5(12)17)2-3-16(4-9)8-14-6(10)13-7(11)15-8/h2-4H2,1H3,(H2,12,17). The number of hydrogen-bond donors (Lipinski definition) is 1. The molecule has 2 N–H and O–H groups in total. The van der Waals surface area contributed by atoms with Crippen molar-refractivity contribution in [3.63, 3.8) is 0 Å². The zero-order valence-corrected chi connectivity index (χ0v) is 10.7. The van der Waals surface area contributed by atoms with Crippen molar-refractivity contribution in [3.8, 4) is 0 Å². The summed E-state index contributed by atoms with van der Waals surface area (Å²) in [4.78, 5) is 24.8. The summed E-state index contributed by atoms with van der Waals surface area (Å²) in [5, 5.41) is 0.0698. The lowest BCUT2D eigenvalue weighted by Gasteiger charge is -2.20. The summed E-state index contributed by atoms with van der Waals surface area (Å²) in [6, 6.07) is 0. The maximum atomic E-state index is 11.3. The number of halogens is 2. The highest BCUT2D eigenvalue weighted by molar-refractivity contribution is 6.31. The van der Waals surface area contributed by atoms with Crippen molar-refractivity contribution in [3.05, 3.63) is 10.6 Å². The van der Waals surface area contributed by atoms with Crippen LogP contribution < -0.4 is 10.6 Å². The molecule has 17 heavy (non-hydrogen) atoms. The first-order valence-electron chi connectivity index (χ1n) is 5.03. The number of nitrogens with two attached hydrogens (primary N) is 1. The minimum atomic E-state index is -0.564. The van der Waals surface area contributed by atoms with E-state index >= 15 is 0 Å². The number of primary amides is 1. The maximum absolute atomic E-state index is 11.3. The van der Waals surface area contributed by atoms with Crippen LogP contribution in [0.1, 0.15) is 13.3 Å². The molecule has 92 valence electrons. The SMILES string of the molecule is CC1(C(N)=O)CCN(c2nc(Cl)nc(Cl)n2)C1. The normalized spacial score (nSPS) is 24.1. The Morgan fingerprint density at radius 3 is 2.41 bits per heavy atom. The molecule has 1 atom stereocenters. The third-order valence-corrected chi connectivity index (χ3v) is 3.26. The van der Waals surface area contributed by atoms with Crippen LogP contribution in [0.25, 0.3) is 0 Å². The van der Waals surface area contributed by atoms with Gasteiger partial charge < -0.3 is 10.6 Å². The molecule has 2 heterocycles. The van der Waals surface area contributed by atoms with Crippen molar-refractivity contribution < 1.29 is 4.79 Å². The van der Waals surface area contributed by atoms with Gasteiger partial charge in [-0.05, 0) is 36.5 Å². The molecule has 0 spiro atoms. The van der Waals surface area contributed by atoms with Crippen LogP contribution in [0.5, 0.6) is 0 Å². The molecule has 0 bridgehead atoms. The molecule has 1 aliphatic heterocycles. The van der Waals surface area contributed by atoms with E-state index in [2.05, 4.69) is 15.0 Å². The molecule has 1 amide bonds. The van der Waals surface area contributed by atoms with Crippen LogP contribution >= 0.6 is 23.2 Å². The fourth-order valence-electron chi connectivity index (χ4n) is 1.79. The number of carbonyl (C=O) groups excluding carboxylic acids is 1. The molecular weight excluding hydrogens is 265 g/mol. The van der Waals surface area contributed by atoms with Gasteiger partial charge in [0.2, 0.25) is 22.4 Å². The van der Waals surface area contributed by atoms with Crippen molar-refractivity contribution in [1.82, 2.24) is 15.0 Å². The van der Waals surface area contributed by atoms with Gasteiger partial charge in [-0.3, -0.25) is 4.79 Å². The number of nitrogens with zero attached hydrogens (tertiary/aromatic N) is 4. The highest BCUT2D eigenvalue weighted by Gasteiger charge is 2.39. The molecule has 0 aliphatic carbocycles. The number of hydrogen-bond acceptors (Lipinski definition) is 5. The fourth-order valence-corrected chi connectivity index (χ4v) is 2.15. The van der Waals surface area contributed by atoms with E-state index in [-0.39, 0.29) is 16.5 Å². The first kappa shape index (κ1) is 12.3.